The van der Waals surface area contributed by atoms with Gasteiger partial charge in [0.15, 0.2) is 0 Å². The Morgan fingerprint density at radius 3 is 2.89 bits per heavy atom. The summed E-state index contributed by atoms with van der Waals surface area (Å²) in [6.07, 6.45) is 5.06. The SMILES string of the molecule is CCCCn1ncc(NCCS(C)=O)c(Cl)c1=O. The molecule has 0 saturated carbocycles. The van der Waals surface area contributed by atoms with Crippen LogP contribution >= 0.6 is 11.6 Å². The van der Waals surface area contributed by atoms with Gasteiger partial charge in [0, 0.05) is 35.9 Å². The third-order valence-corrected chi connectivity index (χ3v) is 3.56. The fourth-order valence-electron chi connectivity index (χ4n) is 1.38. The maximum atomic E-state index is 11.9. The molecule has 0 radical (unpaired) electrons. The van der Waals surface area contributed by atoms with Gasteiger partial charge in [0.05, 0.1) is 11.9 Å². The number of unbranched alkanes of at least 4 members (excludes halogenated alkanes) is 1. The van der Waals surface area contributed by atoms with Crippen LogP contribution in [-0.4, -0.2) is 32.5 Å². The van der Waals surface area contributed by atoms with E-state index in [1.165, 1.54) is 10.9 Å². The highest BCUT2D eigenvalue weighted by atomic mass is 35.5. The number of anilines is 1. The van der Waals surface area contributed by atoms with E-state index in [0.29, 0.717) is 24.5 Å². The third-order valence-electron chi connectivity index (χ3n) is 2.41. The normalized spacial score (nSPS) is 12.4. The molecular weight excluding hydrogens is 274 g/mol. The number of rotatable bonds is 7. The molecule has 1 heterocycles. The average molecular weight is 292 g/mol. The van der Waals surface area contributed by atoms with E-state index in [-0.39, 0.29) is 10.6 Å². The molecule has 0 fully saturated rings. The molecule has 18 heavy (non-hydrogen) atoms. The molecule has 0 spiro atoms. The van der Waals surface area contributed by atoms with E-state index in [2.05, 4.69) is 10.4 Å². The van der Waals surface area contributed by atoms with Gasteiger partial charge in [-0.1, -0.05) is 24.9 Å². The molecule has 0 aliphatic carbocycles. The molecule has 1 aromatic heterocycles. The summed E-state index contributed by atoms with van der Waals surface area (Å²) in [5.41, 5.74) is 0.215. The first-order valence-corrected chi connectivity index (χ1v) is 7.96. The minimum atomic E-state index is -0.869. The van der Waals surface area contributed by atoms with Gasteiger partial charge in [0.25, 0.3) is 5.56 Å². The van der Waals surface area contributed by atoms with Gasteiger partial charge in [-0.15, -0.1) is 0 Å². The zero-order valence-corrected chi connectivity index (χ0v) is 12.2. The largest absolute Gasteiger partial charge is 0.381 e. The van der Waals surface area contributed by atoms with E-state index in [9.17, 15) is 9.00 Å². The van der Waals surface area contributed by atoms with E-state index in [4.69, 9.17) is 11.6 Å². The lowest BCUT2D eigenvalue weighted by atomic mass is 10.3. The van der Waals surface area contributed by atoms with Crippen molar-refractivity contribution in [1.82, 2.24) is 9.78 Å². The quantitative estimate of drug-likeness (QED) is 0.827. The fourth-order valence-corrected chi connectivity index (χ4v) is 1.99. The van der Waals surface area contributed by atoms with Crippen LogP contribution in [0.1, 0.15) is 19.8 Å². The van der Waals surface area contributed by atoms with Gasteiger partial charge in [-0.3, -0.25) is 9.00 Å². The summed E-state index contributed by atoms with van der Waals surface area (Å²) in [6.45, 7) is 3.13. The number of halogens is 1. The summed E-state index contributed by atoms with van der Waals surface area (Å²) in [5.74, 6) is 0.509. The Labute approximate surface area is 114 Å². The predicted octanol–water partition coefficient (Wildman–Crippen LogP) is 1.49. The molecule has 1 atom stereocenters. The molecule has 1 rings (SSSR count). The topological polar surface area (TPSA) is 64.0 Å². The van der Waals surface area contributed by atoms with Crippen molar-refractivity contribution in [2.45, 2.75) is 26.3 Å². The molecule has 1 unspecified atom stereocenters. The number of hydrogen-bond donors (Lipinski definition) is 1. The van der Waals surface area contributed by atoms with Gasteiger partial charge in [-0.2, -0.15) is 5.10 Å². The van der Waals surface area contributed by atoms with E-state index in [1.807, 2.05) is 6.92 Å². The number of aryl methyl sites for hydroxylation is 1. The van der Waals surface area contributed by atoms with Crippen LogP contribution in [0.3, 0.4) is 0 Å². The number of aromatic nitrogens is 2. The second-order valence-electron chi connectivity index (χ2n) is 3.96. The number of hydrogen-bond acceptors (Lipinski definition) is 4. The van der Waals surface area contributed by atoms with E-state index >= 15 is 0 Å². The minimum absolute atomic E-state index is 0.142. The predicted molar refractivity (Wildman–Crippen MR) is 75.8 cm³/mol. The highest BCUT2D eigenvalue weighted by Crippen LogP contribution is 2.14. The van der Waals surface area contributed by atoms with Gasteiger partial charge in [-0.05, 0) is 6.42 Å². The van der Waals surface area contributed by atoms with Crippen LogP contribution in [-0.2, 0) is 17.3 Å². The lowest BCUT2D eigenvalue weighted by Gasteiger charge is -2.09. The minimum Gasteiger partial charge on any atom is -0.381 e. The molecule has 1 N–H and O–H groups in total. The third kappa shape index (κ3) is 4.42. The Bertz CT molecular complexity index is 476. The fraction of sp³-hybridized carbons (Fsp3) is 0.636. The molecule has 1 aromatic rings. The van der Waals surface area contributed by atoms with Crippen molar-refractivity contribution in [1.29, 1.82) is 0 Å². The highest BCUT2D eigenvalue weighted by Gasteiger charge is 2.08. The van der Waals surface area contributed by atoms with Crippen molar-refractivity contribution in [3.63, 3.8) is 0 Å². The van der Waals surface area contributed by atoms with Crippen molar-refractivity contribution >= 4 is 28.1 Å². The van der Waals surface area contributed by atoms with Crippen LogP contribution in [0, 0.1) is 0 Å². The van der Waals surface area contributed by atoms with Gasteiger partial charge in [-0.25, -0.2) is 4.68 Å². The highest BCUT2D eigenvalue weighted by molar-refractivity contribution is 7.84. The Kier molecular flexibility index (Phi) is 6.35. The molecule has 0 bridgehead atoms. The summed E-state index contributed by atoms with van der Waals surface area (Å²) < 4.78 is 12.3. The van der Waals surface area contributed by atoms with Crippen molar-refractivity contribution < 1.29 is 4.21 Å². The van der Waals surface area contributed by atoms with Crippen LogP contribution in [0.4, 0.5) is 5.69 Å². The summed E-state index contributed by atoms with van der Waals surface area (Å²) in [6, 6.07) is 0. The van der Waals surface area contributed by atoms with Crippen LogP contribution in [0.15, 0.2) is 11.0 Å². The van der Waals surface area contributed by atoms with Crippen LogP contribution in [0.5, 0.6) is 0 Å². The Hall–Kier alpha value is -0.880. The molecule has 0 saturated heterocycles. The number of nitrogens with one attached hydrogen (secondary N) is 1. The van der Waals surface area contributed by atoms with Crippen molar-refractivity contribution in [3.8, 4) is 0 Å². The van der Waals surface area contributed by atoms with E-state index < -0.39 is 10.8 Å². The summed E-state index contributed by atoms with van der Waals surface area (Å²) >= 11 is 5.98. The molecule has 5 nitrogen and oxygen atoms in total. The van der Waals surface area contributed by atoms with Crippen molar-refractivity contribution in [2.75, 3.05) is 23.9 Å². The zero-order valence-electron chi connectivity index (χ0n) is 10.6. The second kappa shape index (κ2) is 7.53. The van der Waals surface area contributed by atoms with Gasteiger partial charge in [0.2, 0.25) is 0 Å². The lowest BCUT2D eigenvalue weighted by molar-refractivity contribution is 0.543. The summed E-state index contributed by atoms with van der Waals surface area (Å²) in [4.78, 5) is 11.9. The molecular formula is C11H18ClN3O2S. The van der Waals surface area contributed by atoms with Crippen LogP contribution in [0.2, 0.25) is 5.02 Å². The summed E-state index contributed by atoms with van der Waals surface area (Å²) in [5, 5.41) is 7.16. The first kappa shape index (κ1) is 15.2. The first-order chi connectivity index (χ1) is 8.56. The van der Waals surface area contributed by atoms with E-state index in [0.717, 1.165) is 12.8 Å². The molecule has 0 aliphatic rings. The maximum Gasteiger partial charge on any atom is 0.287 e. The van der Waals surface area contributed by atoms with Crippen LogP contribution < -0.4 is 10.9 Å². The molecule has 102 valence electrons. The van der Waals surface area contributed by atoms with Crippen molar-refractivity contribution in [2.24, 2.45) is 0 Å². The van der Waals surface area contributed by atoms with Crippen molar-refractivity contribution in [3.05, 3.63) is 21.6 Å². The van der Waals surface area contributed by atoms with Gasteiger partial charge < -0.3 is 5.32 Å². The Morgan fingerprint density at radius 1 is 1.56 bits per heavy atom. The molecule has 7 heteroatoms. The standard InChI is InChI=1S/C11H18ClN3O2S/c1-3-4-6-15-11(16)10(12)9(8-14-15)13-5-7-18(2)17/h8,13H,3-7H2,1-2H3. The Balaban J connectivity index is 2.74. The zero-order chi connectivity index (χ0) is 13.5. The molecule has 0 aliphatic heterocycles. The van der Waals surface area contributed by atoms with Gasteiger partial charge in [0.1, 0.15) is 5.02 Å². The molecule has 0 aromatic carbocycles. The molecule has 0 amide bonds. The Morgan fingerprint density at radius 2 is 2.28 bits per heavy atom. The smallest absolute Gasteiger partial charge is 0.287 e. The van der Waals surface area contributed by atoms with Gasteiger partial charge >= 0.3 is 0 Å². The van der Waals surface area contributed by atoms with Crippen LogP contribution in [0.25, 0.3) is 0 Å². The lowest BCUT2D eigenvalue weighted by Crippen LogP contribution is -2.25. The summed E-state index contributed by atoms with van der Waals surface area (Å²) in [7, 11) is -0.869. The second-order valence-corrected chi connectivity index (χ2v) is 5.89. The number of nitrogens with zero attached hydrogens (tertiary/aromatic N) is 2. The van der Waals surface area contributed by atoms with E-state index in [1.54, 1.807) is 6.26 Å². The first-order valence-electron chi connectivity index (χ1n) is 5.85. The maximum absolute atomic E-state index is 11.9. The monoisotopic (exact) mass is 291 g/mol. The average Bonchev–Trinajstić information content (AvgIpc) is 2.33.